The smallest absolute Gasteiger partial charge is 0.312 e. The minimum atomic E-state index is -0.667. The number of amides is 1. The minimum absolute atomic E-state index is 0.00203. The Hall–Kier alpha value is -4.41. The average Bonchev–Trinajstić information content (AvgIpc) is 3.15. The van der Waals surface area contributed by atoms with Crippen LogP contribution in [0.1, 0.15) is 45.3 Å². The number of methoxy groups -OCH3 is 3. The average molecular weight is 497 g/mol. The Kier molecular flexibility index (Phi) is 8.26. The van der Waals surface area contributed by atoms with Crippen LogP contribution in [0, 0.1) is 24.0 Å². The first-order chi connectivity index (χ1) is 17.2. The molecule has 11 heteroatoms. The summed E-state index contributed by atoms with van der Waals surface area (Å²) < 4.78 is 17.0. The van der Waals surface area contributed by atoms with Gasteiger partial charge in [-0.1, -0.05) is 18.2 Å². The number of esters is 1. The lowest BCUT2D eigenvalue weighted by Gasteiger charge is -2.20. The van der Waals surface area contributed by atoms with Crippen LogP contribution < -0.4 is 14.8 Å². The zero-order valence-corrected chi connectivity index (χ0v) is 20.7. The maximum absolute atomic E-state index is 13.0. The number of rotatable bonds is 10. The fraction of sp³-hybridized carbons (Fsp3) is 0.320. The highest BCUT2D eigenvalue weighted by molar-refractivity contribution is 5.94. The monoisotopic (exact) mass is 496 g/mol. The fourth-order valence-corrected chi connectivity index (χ4v) is 3.85. The number of carbonyl (C=O) groups is 2. The van der Waals surface area contributed by atoms with E-state index in [0.717, 1.165) is 5.56 Å². The molecule has 2 aromatic carbocycles. The summed E-state index contributed by atoms with van der Waals surface area (Å²) in [6.07, 6.45) is -0.0769. The molecule has 0 aliphatic heterocycles. The van der Waals surface area contributed by atoms with Crippen LogP contribution >= 0.6 is 0 Å². The van der Waals surface area contributed by atoms with E-state index in [4.69, 9.17) is 14.2 Å². The molecule has 0 fully saturated rings. The van der Waals surface area contributed by atoms with E-state index >= 15 is 0 Å². The van der Waals surface area contributed by atoms with E-state index in [1.54, 1.807) is 61.0 Å². The largest absolute Gasteiger partial charge is 0.493 e. The lowest BCUT2D eigenvalue weighted by Crippen LogP contribution is -2.30. The Labute approximate surface area is 208 Å². The van der Waals surface area contributed by atoms with Gasteiger partial charge in [-0.05, 0) is 49.2 Å². The number of aryl methyl sites for hydroxylation is 1. The molecule has 36 heavy (non-hydrogen) atoms. The number of hydrogen-bond donors (Lipinski definition) is 1. The summed E-state index contributed by atoms with van der Waals surface area (Å²) in [5.74, 6) is 0.122. The van der Waals surface area contributed by atoms with Gasteiger partial charge in [-0.25, -0.2) is 0 Å². The number of carbonyl (C=O) groups excluding carboxylic acids is 2. The minimum Gasteiger partial charge on any atom is -0.493 e. The molecule has 190 valence electrons. The Bertz CT molecular complexity index is 1270. The van der Waals surface area contributed by atoms with Crippen LogP contribution in [0.25, 0.3) is 0 Å². The zero-order valence-electron chi connectivity index (χ0n) is 20.7. The first-order valence-electron chi connectivity index (χ1n) is 11.0. The van der Waals surface area contributed by atoms with E-state index in [-0.39, 0.29) is 18.0 Å². The second kappa shape index (κ2) is 11.3. The van der Waals surface area contributed by atoms with Crippen LogP contribution in [0.3, 0.4) is 0 Å². The van der Waals surface area contributed by atoms with Gasteiger partial charge < -0.3 is 19.5 Å². The van der Waals surface area contributed by atoms with Gasteiger partial charge in [-0.2, -0.15) is 5.10 Å². The van der Waals surface area contributed by atoms with Gasteiger partial charge in [-0.15, -0.1) is 0 Å². The van der Waals surface area contributed by atoms with Gasteiger partial charge in [0.15, 0.2) is 11.5 Å². The Balaban J connectivity index is 1.79. The SMILES string of the molecule is COC(=O)CC(NC(=O)c1ccc(Cn2nc(C)c([N+](=O)[O-])c2C)cc1)c1ccc(OC)c(OC)c1. The molecule has 0 bridgehead atoms. The molecule has 1 atom stereocenters. The number of nitro groups is 1. The van der Waals surface area contributed by atoms with Gasteiger partial charge in [0.2, 0.25) is 0 Å². The van der Waals surface area contributed by atoms with Crippen molar-refractivity contribution < 1.29 is 28.7 Å². The Morgan fingerprint density at radius 1 is 1.06 bits per heavy atom. The number of hydrogen-bond acceptors (Lipinski definition) is 8. The first-order valence-corrected chi connectivity index (χ1v) is 11.0. The third-order valence-corrected chi connectivity index (χ3v) is 5.79. The highest BCUT2D eigenvalue weighted by Gasteiger charge is 2.23. The highest BCUT2D eigenvalue weighted by Crippen LogP contribution is 2.31. The predicted octanol–water partition coefficient (Wildman–Crippen LogP) is 3.51. The molecule has 1 N–H and O–H groups in total. The van der Waals surface area contributed by atoms with Crippen molar-refractivity contribution in [3.05, 3.63) is 80.7 Å². The van der Waals surface area contributed by atoms with Crippen LogP contribution in [-0.2, 0) is 16.1 Å². The maximum atomic E-state index is 13.0. The Morgan fingerprint density at radius 3 is 2.28 bits per heavy atom. The summed E-state index contributed by atoms with van der Waals surface area (Å²) in [5.41, 5.74) is 2.65. The summed E-state index contributed by atoms with van der Waals surface area (Å²) in [7, 11) is 4.30. The topological polar surface area (TPSA) is 135 Å². The lowest BCUT2D eigenvalue weighted by atomic mass is 10.0. The molecular formula is C25H28N4O7. The molecule has 1 heterocycles. The molecule has 3 rings (SSSR count). The van der Waals surface area contributed by atoms with Crippen molar-refractivity contribution in [2.24, 2.45) is 0 Å². The third kappa shape index (κ3) is 5.80. The van der Waals surface area contributed by atoms with Gasteiger partial charge in [0.05, 0.1) is 45.3 Å². The van der Waals surface area contributed by atoms with E-state index in [1.807, 2.05) is 0 Å². The summed E-state index contributed by atoms with van der Waals surface area (Å²) in [6.45, 7) is 3.56. The first kappa shape index (κ1) is 26.2. The van der Waals surface area contributed by atoms with Gasteiger partial charge in [-0.3, -0.25) is 24.4 Å². The van der Waals surface area contributed by atoms with Gasteiger partial charge in [0, 0.05) is 5.56 Å². The summed E-state index contributed by atoms with van der Waals surface area (Å²) in [5, 5.41) is 18.4. The second-order valence-corrected chi connectivity index (χ2v) is 8.05. The normalized spacial score (nSPS) is 11.5. The third-order valence-electron chi connectivity index (χ3n) is 5.79. The molecule has 0 spiro atoms. The van der Waals surface area contributed by atoms with E-state index < -0.39 is 16.9 Å². The second-order valence-electron chi connectivity index (χ2n) is 8.05. The number of benzene rings is 2. The van der Waals surface area contributed by atoms with Crippen molar-refractivity contribution >= 4 is 17.6 Å². The molecule has 0 saturated carbocycles. The van der Waals surface area contributed by atoms with E-state index in [0.29, 0.717) is 40.6 Å². The summed E-state index contributed by atoms with van der Waals surface area (Å²) in [6, 6.07) is 11.3. The van der Waals surface area contributed by atoms with Gasteiger partial charge >= 0.3 is 11.7 Å². The van der Waals surface area contributed by atoms with Crippen molar-refractivity contribution in [1.82, 2.24) is 15.1 Å². The van der Waals surface area contributed by atoms with Crippen LogP contribution in [0.4, 0.5) is 5.69 Å². The van der Waals surface area contributed by atoms with Crippen LogP contribution in [0.5, 0.6) is 11.5 Å². The van der Waals surface area contributed by atoms with Crippen molar-refractivity contribution in [3.8, 4) is 11.5 Å². The van der Waals surface area contributed by atoms with E-state index in [1.165, 1.54) is 21.3 Å². The summed E-state index contributed by atoms with van der Waals surface area (Å²) in [4.78, 5) is 35.8. The van der Waals surface area contributed by atoms with Crippen LogP contribution in [0.15, 0.2) is 42.5 Å². The molecule has 1 aromatic heterocycles. The van der Waals surface area contributed by atoms with E-state index in [9.17, 15) is 19.7 Å². The molecule has 0 aliphatic rings. The molecule has 0 aliphatic carbocycles. The molecule has 1 amide bonds. The van der Waals surface area contributed by atoms with Crippen molar-refractivity contribution in [2.45, 2.75) is 32.9 Å². The van der Waals surface area contributed by atoms with Crippen molar-refractivity contribution in [1.29, 1.82) is 0 Å². The lowest BCUT2D eigenvalue weighted by molar-refractivity contribution is -0.386. The molecule has 3 aromatic rings. The fourth-order valence-electron chi connectivity index (χ4n) is 3.85. The van der Waals surface area contributed by atoms with Gasteiger partial charge in [0.25, 0.3) is 5.91 Å². The van der Waals surface area contributed by atoms with Gasteiger partial charge in [0.1, 0.15) is 11.4 Å². The van der Waals surface area contributed by atoms with Crippen molar-refractivity contribution in [3.63, 3.8) is 0 Å². The highest BCUT2D eigenvalue weighted by atomic mass is 16.6. The number of nitrogens with zero attached hydrogens (tertiary/aromatic N) is 3. The predicted molar refractivity (Wildman–Crippen MR) is 130 cm³/mol. The van der Waals surface area contributed by atoms with E-state index in [2.05, 4.69) is 10.4 Å². The van der Waals surface area contributed by atoms with Crippen LogP contribution in [-0.4, -0.2) is 47.9 Å². The van der Waals surface area contributed by atoms with Crippen molar-refractivity contribution in [2.75, 3.05) is 21.3 Å². The molecular weight excluding hydrogens is 468 g/mol. The maximum Gasteiger partial charge on any atom is 0.312 e. The zero-order chi connectivity index (χ0) is 26.4. The Morgan fingerprint density at radius 2 is 1.72 bits per heavy atom. The molecule has 11 nitrogen and oxygen atoms in total. The van der Waals surface area contributed by atoms with Crippen LogP contribution in [0.2, 0.25) is 0 Å². The summed E-state index contributed by atoms with van der Waals surface area (Å²) >= 11 is 0. The molecule has 0 radical (unpaired) electrons. The molecule has 0 saturated heterocycles. The number of ether oxygens (including phenoxy) is 3. The quantitative estimate of drug-likeness (QED) is 0.256. The number of nitrogens with one attached hydrogen (secondary N) is 1. The number of aromatic nitrogens is 2. The molecule has 1 unspecified atom stereocenters. The standard InChI is InChI=1S/C25H28N4O7/c1-15-24(29(32)33)16(2)28(27-15)14-17-6-8-18(9-7-17)25(31)26-20(13-23(30)36-5)19-10-11-21(34-3)22(12-19)35-4/h6-12,20H,13-14H2,1-5H3,(H,26,31).